The van der Waals surface area contributed by atoms with Gasteiger partial charge < -0.3 is 10.5 Å². The lowest BCUT2D eigenvalue weighted by molar-refractivity contribution is 0.463. The number of aromatic nitrogens is 1. The van der Waals surface area contributed by atoms with Gasteiger partial charge in [-0.05, 0) is 30.3 Å². The van der Waals surface area contributed by atoms with Gasteiger partial charge in [0.1, 0.15) is 11.6 Å². The van der Waals surface area contributed by atoms with E-state index < -0.39 is 0 Å². The molecule has 0 aliphatic rings. The molecule has 2 rings (SSSR count). The zero-order valence-corrected chi connectivity index (χ0v) is 9.78. The van der Waals surface area contributed by atoms with E-state index >= 15 is 0 Å². The number of benzene rings is 1. The van der Waals surface area contributed by atoms with Crippen molar-refractivity contribution in [2.75, 3.05) is 0 Å². The highest BCUT2D eigenvalue weighted by molar-refractivity contribution is 5.94. The summed E-state index contributed by atoms with van der Waals surface area (Å²) in [5.74, 6) is 1.26. The zero-order chi connectivity index (χ0) is 11.4. The van der Waals surface area contributed by atoms with E-state index in [9.17, 15) is 0 Å². The molecule has 88 valence electrons. The van der Waals surface area contributed by atoms with E-state index in [4.69, 9.17) is 15.9 Å². The number of hydrogen-bond acceptors (Lipinski definition) is 3. The number of nitrogens with two attached hydrogens (primary N) is 1. The van der Waals surface area contributed by atoms with Gasteiger partial charge in [-0.3, -0.25) is 5.41 Å². The third-order valence-electron chi connectivity index (χ3n) is 2.03. The predicted octanol–water partition coefficient (Wildman–Crippen LogP) is 2.58. The van der Waals surface area contributed by atoms with Gasteiger partial charge in [-0.1, -0.05) is 6.07 Å². The summed E-state index contributed by atoms with van der Waals surface area (Å²) in [5, 5.41) is 7.25. The maximum Gasteiger partial charge on any atom is 0.219 e. The van der Waals surface area contributed by atoms with E-state index in [1.54, 1.807) is 36.5 Å². The second kappa shape index (κ2) is 5.86. The van der Waals surface area contributed by atoms with Crippen molar-refractivity contribution in [3.05, 3.63) is 54.2 Å². The fraction of sp³-hybridized carbons (Fsp3) is 0. The number of ether oxygens (including phenoxy) is 1. The summed E-state index contributed by atoms with van der Waals surface area (Å²) >= 11 is 0. The molecule has 0 spiro atoms. The lowest BCUT2D eigenvalue weighted by Crippen LogP contribution is -2.10. The lowest BCUT2D eigenvalue weighted by Gasteiger charge is -2.04. The normalized spacial score (nSPS) is 9.18. The van der Waals surface area contributed by atoms with Gasteiger partial charge in [-0.2, -0.15) is 0 Å². The predicted molar refractivity (Wildman–Crippen MR) is 69.0 cm³/mol. The van der Waals surface area contributed by atoms with Crippen molar-refractivity contribution in [1.82, 2.24) is 4.98 Å². The molecule has 0 atom stereocenters. The molecule has 0 aliphatic heterocycles. The highest BCUT2D eigenvalue weighted by atomic mass is 35.5. The molecule has 0 radical (unpaired) electrons. The van der Waals surface area contributed by atoms with E-state index in [0.29, 0.717) is 17.2 Å². The first-order valence-corrected chi connectivity index (χ1v) is 4.79. The number of hydrogen-bond donors (Lipinski definition) is 2. The maximum atomic E-state index is 7.25. The Kier molecular flexibility index (Phi) is 4.48. The molecule has 0 bridgehead atoms. The van der Waals surface area contributed by atoms with Crippen LogP contribution in [0.25, 0.3) is 0 Å². The van der Waals surface area contributed by atoms with Crippen molar-refractivity contribution in [3.63, 3.8) is 0 Å². The highest BCUT2D eigenvalue weighted by Gasteiger charge is 1.99. The summed E-state index contributed by atoms with van der Waals surface area (Å²) in [5.41, 5.74) is 6.02. The topological polar surface area (TPSA) is 72.0 Å². The van der Waals surface area contributed by atoms with Crippen LogP contribution >= 0.6 is 12.4 Å². The summed E-state index contributed by atoms with van der Waals surface area (Å²) < 4.78 is 5.49. The van der Waals surface area contributed by atoms with Gasteiger partial charge in [0.05, 0.1) is 0 Å². The van der Waals surface area contributed by atoms with Crippen LogP contribution in [0.2, 0.25) is 0 Å². The Balaban J connectivity index is 0.00000144. The molecule has 0 amide bonds. The molecular formula is C12H12ClN3O. The Hall–Kier alpha value is -2.07. The van der Waals surface area contributed by atoms with Gasteiger partial charge in [0.25, 0.3) is 0 Å². The quantitative estimate of drug-likeness (QED) is 0.649. The molecule has 1 aromatic heterocycles. The van der Waals surface area contributed by atoms with Gasteiger partial charge in [0, 0.05) is 17.8 Å². The molecule has 4 nitrogen and oxygen atoms in total. The van der Waals surface area contributed by atoms with Crippen molar-refractivity contribution in [2.45, 2.75) is 0 Å². The Morgan fingerprint density at radius 2 is 1.82 bits per heavy atom. The highest BCUT2D eigenvalue weighted by Crippen LogP contribution is 2.18. The summed E-state index contributed by atoms with van der Waals surface area (Å²) in [7, 11) is 0. The summed E-state index contributed by atoms with van der Waals surface area (Å²) in [6, 6.07) is 12.4. The van der Waals surface area contributed by atoms with Crippen molar-refractivity contribution in [3.8, 4) is 11.6 Å². The molecule has 0 saturated heterocycles. The summed E-state index contributed by atoms with van der Waals surface area (Å²) in [6.45, 7) is 0. The van der Waals surface area contributed by atoms with Crippen LogP contribution in [0.3, 0.4) is 0 Å². The molecule has 1 aromatic carbocycles. The monoisotopic (exact) mass is 249 g/mol. The average Bonchev–Trinajstić information content (AvgIpc) is 2.31. The van der Waals surface area contributed by atoms with Gasteiger partial charge in [0.2, 0.25) is 5.88 Å². The average molecular weight is 250 g/mol. The zero-order valence-electron chi connectivity index (χ0n) is 8.96. The third-order valence-corrected chi connectivity index (χ3v) is 2.03. The molecule has 0 fully saturated rings. The van der Waals surface area contributed by atoms with Gasteiger partial charge in [-0.25, -0.2) is 4.98 Å². The Bertz CT molecular complexity index is 485. The minimum atomic E-state index is 0. The van der Waals surface area contributed by atoms with Crippen molar-refractivity contribution >= 4 is 18.2 Å². The van der Waals surface area contributed by atoms with Crippen LogP contribution in [-0.2, 0) is 0 Å². The van der Waals surface area contributed by atoms with Crippen LogP contribution in [0.15, 0.2) is 48.7 Å². The van der Waals surface area contributed by atoms with Crippen LogP contribution in [-0.4, -0.2) is 10.8 Å². The first-order chi connectivity index (χ1) is 7.75. The van der Waals surface area contributed by atoms with Crippen molar-refractivity contribution < 1.29 is 4.74 Å². The minimum Gasteiger partial charge on any atom is -0.439 e. The molecule has 0 aliphatic carbocycles. The number of halogens is 1. The Labute approximate surface area is 105 Å². The second-order valence-corrected chi connectivity index (χ2v) is 3.21. The fourth-order valence-electron chi connectivity index (χ4n) is 1.23. The molecule has 0 unspecified atom stereocenters. The number of nitrogen functional groups attached to an aromatic ring is 1. The number of pyridine rings is 1. The molecule has 0 saturated carbocycles. The standard InChI is InChI=1S/C12H11N3O.ClH/c13-12(14)9-4-6-10(7-5-9)16-11-3-1-2-8-15-11;/h1-8H,(H3,13,14);1H. The summed E-state index contributed by atoms with van der Waals surface area (Å²) in [4.78, 5) is 4.04. The van der Waals surface area contributed by atoms with Crippen LogP contribution in [0.1, 0.15) is 5.56 Å². The largest absolute Gasteiger partial charge is 0.439 e. The molecule has 1 heterocycles. The second-order valence-electron chi connectivity index (χ2n) is 3.21. The molecular weight excluding hydrogens is 238 g/mol. The smallest absolute Gasteiger partial charge is 0.219 e. The third kappa shape index (κ3) is 3.46. The van der Waals surface area contributed by atoms with E-state index in [1.807, 2.05) is 12.1 Å². The molecule has 17 heavy (non-hydrogen) atoms. The lowest BCUT2D eigenvalue weighted by atomic mass is 10.2. The maximum absolute atomic E-state index is 7.25. The number of rotatable bonds is 3. The van der Waals surface area contributed by atoms with Crippen LogP contribution in [0.4, 0.5) is 0 Å². The van der Waals surface area contributed by atoms with Crippen LogP contribution < -0.4 is 10.5 Å². The van der Waals surface area contributed by atoms with Crippen LogP contribution in [0.5, 0.6) is 11.6 Å². The van der Waals surface area contributed by atoms with E-state index in [0.717, 1.165) is 0 Å². The fourth-order valence-corrected chi connectivity index (χ4v) is 1.23. The van der Waals surface area contributed by atoms with Crippen molar-refractivity contribution in [1.29, 1.82) is 5.41 Å². The molecule has 2 aromatic rings. The summed E-state index contributed by atoms with van der Waals surface area (Å²) in [6.07, 6.45) is 1.67. The molecule has 3 N–H and O–H groups in total. The van der Waals surface area contributed by atoms with Gasteiger partial charge in [-0.15, -0.1) is 12.4 Å². The Morgan fingerprint density at radius 1 is 1.12 bits per heavy atom. The van der Waals surface area contributed by atoms with E-state index in [-0.39, 0.29) is 18.2 Å². The van der Waals surface area contributed by atoms with E-state index in [2.05, 4.69) is 4.98 Å². The first kappa shape index (κ1) is 13.0. The first-order valence-electron chi connectivity index (χ1n) is 4.79. The van der Waals surface area contributed by atoms with Gasteiger partial charge >= 0.3 is 0 Å². The van der Waals surface area contributed by atoms with Gasteiger partial charge in [0.15, 0.2) is 0 Å². The number of nitrogens with one attached hydrogen (secondary N) is 1. The number of amidine groups is 1. The van der Waals surface area contributed by atoms with Crippen LogP contribution in [0, 0.1) is 5.41 Å². The molecule has 5 heteroatoms. The Morgan fingerprint density at radius 3 is 2.35 bits per heavy atom. The van der Waals surface area contributed by atoms with E-state index in [1.165, 1.54) is 0 Å². The number of nitrogens with zero attached hydrogens (tertiary/aromatic N) is 1. The van der Waals surface area contributed by atoms with Crippen molar-refractivity contribution in [2.24, 2.45) is 5.73 Å². The SMILES string of the molecule is Cl.N=C(N)c1ccc(Oc2ccccn2)cc1. The minimum absolute atomic E-state index is 0.